The van der Waals surface area contributed by atoms with Crippen LogP contribution < -0.4 is 0 Å². The van der Waals surface area contributed by atoms with E-state index in [1.807, 2.05) is 0 Å². The fourth-order valence-electron chi connectivity index (χ4n) is 5.48. The average Bonchev–Trinajstić information content (AvgIpc) is 3.03. The number of fused-ring (bicyclic) bond motifs is 3. The van der Waals surface area contributed by atoms with E-state index in [1.165, 1.54) is 4.31 Å². The van der Waals surface area contributed by atoms with Crippen molar-refractivity contribution in [2.45, 2.75) is 45.0 Å². The predicted molar refractivity (Wildman–Crippen MR) is 113 cm³/mol. The molecular weight excluding hydrogens is 432 g/mol. The molecule has 0 aromatic heterocycles. The Morgan fingerprint density at radius 1 is 1.13 bits per heavy atom. The number of nitrogens with zero attached hydrogens (tertiary/aromatic N) is 2. The maximum atomic E-state index is 12.8. The lowest BCUT2D eigenvalue weighted by Crippen LogP contribution is -2.56. The van der Waals surface area contributed by atoms with Gasteiger partial charge in [-0.2, -0.15) is 0 Å². The topological polar surface area (TPSA) is 113 Å². The molecule has 1 aliphatic heterocycles. The van der Waals surface area contributed by atoms with Crippen LogP contribution in [0.15, 0.2) is 0 Å². The fourth-order valence-corrected chi connectivity index (χ4v) is 7.10. The molecule has 0 aromatic carbocycles. The normalized spacial score (nSPS) is 35.7. The molecule has 0 N–H and O–H groups in total. The zero-order valence-electron chi connectivity index (χ0n) is 19.5. The van der Waals surface area contributed by atoms with Gasteiger partial charge in [0, 0.05) is 32.2 Å². The number of likely N-dealkylation sites (N-methyl/N-ethyl adjacent to an activating group) is 1. The van der Waals surface area contributed by atoms with Crippen molar-refractivity contribution in [1.82, 2.24) is 4.31 Å². The molecule has 1 saturated heterocycles. The highest BCUT2D eigenvalue weighted by molar-refractivity contribution is 7.89. The third-order valence-corrected chi connectivity index (χ3v) is 8.98. The summed E-state index contributed by atoms with van der Waals surface area (Å²) in [6.07, 6.45) is 3.36. The summed E-state index contributed by atoms with van der Waals surface area (Å²) in [5, 5.41) is 0. The molecule has 2 bridgehead atoms. The smallest absolute Gasteiger partial charge is 0.214 e. The standard InChI is InChI=1S/C18H35N2O4S.CH4O3S/c1-16(2)14-8-9-17(16,13-25(21,22)19(3)4)18(10-14)23-12-15(24-18)11-20(5,6)7;1-5(2,3)4/h14-15H,8-13H2,1-7H3;1H3,(H,2,3,4)/q+1;/p-1/t14-,15-,17+,18+;/m0./s1. The van der Waals surface area contributed by atoms with Gasteiger partial charge >= 0.3 is 0 Å². The van der Waals surface area contributed by atoms with Gasteiger partial charge in [-0.15, -0.1) is 0 Å². The van der Waals surface area contributed by atoms with Gasteiger partial charge in [0.15, 0.2) is 5.79 Å². The van der Waals surface area contributed by atoms with Crippen LogP contribution in [-0.4, -0.2) is 102 Å². The first-order valence-electron chi connectivity index (χ1n) is 10.2. The molecule has 3 aliphatic rings. The molecule has 11 heteroatoms. The van der Waals surface area contributed by atoms with Crippen LogP contribution in [0.2, 0.25) is 0 Å². The molecule has 4 atom stereocenters. The Morgan fingerprint density at radius 2 is 1.67 bits per heavy atom. The van der Waals surface area contributed by atoms with Gasteiger partial charge in [-0.25, -0.2) is 21.1 Å². The maximum absolute atomic E-state index is 12.8. The molecule has 3 fully saturated rings. The van der Waals surface area contributed by atoms with Crippen LogP contribution in [0.1, 0.15) is 33.1 Å². The molecule has 9 nitrogen and oxygen atoms in total. The highest BCUT2D eigenvalue weighted by Gasteiger charge is 2.75. The SMILES string of the molecule is CN(C)S(=O)(=O)C[C@@]12CC[C@@H](C[C@]13OC[C@H](C[N+](C)(C)C)O3)C2(C)C.CS(=O)(=O)[O-]. The van der Waals surface area contributed by atoms with E-state index >= 15 is 0 Å². The fraction of sp³-hybridized carbons (Fsp3) is 1.00. The molecule has 178 valence electrons. The molecule has 0 aromatic rings. The van der Waals surface area contributed by atoms with Gasteiger partial charge in [0.05, 0.1) is 43.6 Å². The summed E-state index contributed by atoms with van der Waals surface area (Å²) < 4.78 is 67.9. The summed E-state index contributed by atoms with van der Waals surface area (Å²) >= 11 is 0. The highest BCUT2D eigenvalue weighted by Crippen LogP contribution is 2.72. The number of sulfonamides is 1. The summed E-state index contributed by atoms with van der Waals surface area (Å²) in [4.78, 5) is 0. The number of hydrogen-bond acceptors (Lipinski definition) is 7. The van der Waals surface area contributed by atoms with Gasteiger partial charge in [0.2, 0.25) is 10.0 Å². The summed E-state index contributed by atoms with van der Waals surface area (Å²) in [5.74, 6) is -0.191. The Hall–Kier alpha value is -0.300. The first-order valence-corrected chi connectivity index (χ1v) is 13.6. The number of hydrogen-bond donors (Lipinski definition) is 0. The quantitative estimate of drug-likeness (QED) is 0.429. The minimum absolute atomic E-state index is 0.0223. The molecule has 0 amide bonds. The Labute approximate surface area is 182 Å². The largest absolute Gasteiger partial charge is 0.748 e. The van der Waals surface area contributed by atoms with E-state index in [4.69, 9.17) is 22.4 Å². The summed E-state index contributed by atoms with van der Waals surface area (Å²) in [6.45, 7) is 5.85. The summed E-state index contributed by atoms with van der Waals surface area (Å²) in [5.41, 5.74) is -0.588. The molecule has 1 heterocycles. The van der Waals surface area contributed by atoms with Crippen molar-refractivity contribution in [1.29, 1.82) is 0 Å². The first kappa shape index (κ1) is 26.0. The van der Waals surface area contributed by atoms with Crippen molar-refractivity contribution in [3.05, 3.63) is 0 Å². The van der Waals surface area contributed by atoms with E-state index in [9.17, 15) is 8.42 Å². The van der Waals surface area contributed by atoms with Crippen molar-refractivity contribution in [3.8, 4) is 0 Å². The molecule has 2 saturated carbocycles. The maximum Gasteiger partial charge on any atom is 0.214 e. The Kier molecular flexibility index (Phi) is 6.86. The molecule has 0 radical (unpaired) electrons. The molecule has 3 rings (SSSR count). The molecule has 30 heavy (non-hydrogen) atoms. The van der Waals surface area contributed by atoms with Gasteiger partial charge in [-0.1, -0.05) is 13.8 Å². The second kappa shape index (κ2) is 7.93. The van der Waals surface area contributed by atoms with Gasteiger partial charge in [-0.3, -0.25) is 0 Å². The molecule has 1 spiro atoms. The zero-order chi connectivity index (χ0) is 23.4. The predicted octanol–water partition coefficient (Wildman–Crippen LogP) is 0.683. The van der Waals surface area contributed by atoms with E-state index in [-0.39, 0.29) is 17.3 Å². The lowest BCUT2D eigenvalue weighted by atomic mass is 9.68. The monoisotopic (exact) mass is 470 g/mol. The Morgan fingerprint density at radius 3 is 2.10 bits per heavy atom. The minimum Gasteiger partial charge on any atom is -0.748 e. The van der Waals surface area contributed by atoms with Crippen LogP contribution in [0, 0.1) is 16.7 Å². The van der Waals surface area contributed by atoms with E-state index in [0.29, 0.717) is 18.8 Å². The van der Waals surface area contributed by atoms with Crippen molar-refractivity contribution >= 4 is 20.1 Å². The summed E-state index contributed by atoms with van der Waals surface area (Å²) in [7, 11) is 2.40. The van der Waals surface area contributed by atoms with Crippen LogP contribution in [0.3, 0.4) is 0 Å². The van der Waals surface area contributed by atoms with Crippen molar-refractivity contribution < 1.29 is 35.3 Å². The van der Waals surface area contributed by atoms with Crippen LogP contribution in [0.4, 0.5) is 0 Å². The van der Waals surface area contributed by atoms with E-state index in [1.54, 1.807) is 14.1 Å². The lowest BCUT2D eigenvalue weighted by molar-refractivity contribution is -0.873. The Bertz CT molecular complexity index is 841. The van der Waals surface area contributed by atoms with Gasteiger partial charge in [0.1, 0.15) is 12.6 Å². The second-order valence-electron chi connectivity index (χ2n) is 10.8. The third kappa shape index (κ3) is 5.02. The zero-order valence-corrected chi connectivity index (χ0v) is 21.1. The van der Waals surface area contributed by atoms with Crippen molar-refractivity contribution in [3.63, 3.8) is 0 Å². The number of ether oxygens (including phenoxy) is 2. The van der Waals surface area contributed by atoms with Crippen LogP contribution >= 0.6 is 0 Å². The minimum atomic E-state index is -3.92. The van der Waals surface area contributed by atoms with Gasteiger partial charge < -0.3 is 18.5 Å². The van der Waals surface area contributed by atoms with Crippen LogP contribution in [0.25, 0.3) is 0 Å². The second-order valence-corrected chi connectivity index (χ2v) is 14.4. The van der Waals surface area contributed by atoms with Crippen LogP contribution in [0.5, 0.6) is 0 Å². The van der Waals surface area contributed by atoms with E-state index in [2.05, 4.69) is 35.0 Å². The number of rotatable bonds is 5. The number of quaternary nitrogens is 1. The van der Waals surface area contributed by atoms with Crippen molar-refractivity contribution in [2.24, 2.45) is 16.7 Å². The van der Waals surface area contributed by atoms with Gasteiger partial charge in [0.25, 0.3) is 0 Å². The molecule has 2 aliphatic carbocycles. The van der Waals surface area contributed by atoms with Crippen molar-refractivity contribution in [2.75, 3.05) is 60.4 Å². The average molecular weight is 471 g/mol. The molecular formula is C19H38N2O7S2. The van der Waals surface area contributed by atoms with Gasteiger partial charge in [-0.05, 0) is 24.2 Å². The Balaban J connectivity index is 0.000000575. The van der Waals surface area contributed by atoms with Crippen LogP contribution in [-0.2, 0) is 29.6 Å². The highest BCUT2D eigenvalue weighted by atomic mass is 32.2. The first-order chi connectivity index (χ1) is 13.2. The molecule has 0 unspecified atom stereocenters. The lowest BCUT2D eigenvalue weighted by Gasteiger charge is -2.47. The third-order valence-electron chi connectivity index (χ3n) is 7.01. The van der Waals surface area contributed by atoms with E-state index < -0.39 is 31.3 Å². The van der Waals surface area contributed by atoms with E-state index in [0.717, 1.165) is 30.3 Å². The summed E-state index contributed by atoms with van der Waals surface area (Å²) in [6, 6.07) is 0.